The molecule has 4 fully saturated rings. The summed E-state index contributed by atoms with van der Waals surface area (Å²) in [4.78, 5) is 0. The van der Waals surface area contributed by atoms with Gasteiger partial charge in [0.2, 0.25) is 0 Å². The molecule has 0 spiro atoms. The lowest BCUT2D eigenvalue weighted by Crippen LogP contribution is -2.66. The molecule has 0 bridgehead atoms. The zero-order valence-corrected chi connectivity index (χ0v) is 33.2. The summed E-state index contributed by atoms with van der Waals surface area (Å²) >= 11 is 0. The van der Waals surface area contributed by atoms with Crippen molar-refractivity contribution in [1.82, 2.24) is 0 Å². The molecule has 4 heteroatoms. The first-order chi connectivity index (χ1) is 24.0. The van der Waals surface area contributed by atoms with Crippen molar-refractivity contribution in [2.24, 2.45) is 47.3 Å². The molecule has 0 N–H and O–H groups in total. The first-order valence-electron chi connectivity index (χ1n) is 19.5. The van der Waals surface area contributed by atoms with Gasteiger partial charge in [0, 0.05) is 13.2 Å². The maximum absolute atomic E-state index is 7.36. The lowest BCUT2D eigenvalue weighted by atomic mass is 10.1. The monoisotopic (exact) mass is 698 g/mol. The molecule has 0 heterocycles. The van der Waals surface area contributed by atoms with Gasteiger partial charge in [-0.25, -0.2) is 0 Å². The van der Waals surface area contributed by atoms with Gasteiger partial charge in [0.25, 0.3) is 16.6 Å². The summed E-state index contributed by atoms with van der Waals surface area (Å²) in [6.07, 6.45) is 5.68. The molecule has 0 aromatic heterocycles. The Morgan fingerprint density at radius 3 is 0.920 bits per heavy atom. The Morgan fingerprint density at radius 2 is 0.660 bits per heavy atom. The fraction of sp³-hybridized carbons (Fsp3) is 0.478. The third-order valence-electron chi connectivity index (χ3n) is 13.2. The van der Waals surface area contributed by atoms with Crippen molar-refractivity contribution < 1.29 is 8.85 Å². The maximum atomic E-state index is 7.36. The summed E-state index contributed by atoms with van der Waals surface area (Å²) in [6.45, 7) is 16.2. The largest absolute Gasteiger partial charge is 0.407 e. The van der Waals surface area contributed by atoms with E-state index in [9.17, 15) is 0 Å². The van der Waals surface area contributed by atoms with Gasteiger partial charge in [-0.15, -0.1) is 0 Å². The van der Waals surface area contributed by atoms with Crippen molar-refractivity contribution in [2.75, 3.05) is 13.2 Å². The minimum atomic E-state index is -2.45. The predicted octanol–water partition coefficient (Wildman–Crippen LogP) is 8.68. The highest BCUT2D eigenvalue weighted by Crippen LogP contribution is 2.70. The Morgan fingerprint density at radius 1 is 0.400 bits per heavy atom. The lowest BCUT2D eigenvalue weighted by molar-refractivity contribution is 0.268. The van der Waals surface area contributed by atoms with Crippen LogP contribution in [0.15, 0.2) is 121 Å². The average molecular weight is 699 g/mol. The zero-order valence-electron chi connectivity index (χ0n) is 31.2. The van der Waals surface area contributed by atoms with Gasteiger partial charge in [-0.2, -0.15) is 0 Å². The number of rotatable bonds is 13. The highest BCUT2D eigenvalue weighted by Gasteiger charge is 2.64. The van der Waals surface area contributed by atoms with Gasteiger partial charge in [0.05, 0.1) is 0 Å². The quantitative estimate of drug-likeness (QED) is 0.130. The topological polar surface area (TPSA) is 18.5 Å². The molecule has 0 aliphatic heterocycles. The minimum absolute atomic E-state index is 0.0468. The van der Waals surface area contributed by atoms with E-state index in [-0.39, 0.29) is 10.1 Å². The molecule has 262 valence electrons. The number of benzene rings is 4. The van der Waals surface area contributed by atoms with Crippen LogP contribution >= 0.6 is 0 Å². The van der Waals surface area contributed by atoms with E-state index in [0.717, 1.165) is 60.6 Å². The zero-order chi connectivity index (χ0) is 34.7. The molecule has 4 aromatic rings. The van der Waals surface area contributed by atoms with Crippen molar-refractivity contribution >= 4 is 37.4 Å². The van der Waals surface area contributed by atoms with E-state index in [1.165, 1.54) is 46.4 Å². The number of hydrogen-bond acceptors (Lipinski definition) is 2. The van der Waals surface area contributed by atoms with Crippen LogP contribution in [0.4, 0.5) is 0 Å². The maximum Gasteiger partial charge on any atom is 0.261 e. The molecule has 0 amide bonds. The molecule has 8 rings (SSSR count). The summed E-state index contributed by atoms with van der Waals surface area (Å²) in [6, 6.07) is 44.7. The van der Waals surface area contributed by atoms with E-state index >= 15 is 0 Å². The average Bonchev–Trinajstić information content (AvgIpc) is 3.91. The van der Waals surface area contributed by atoms with Crippen LogP contribution in [0, 0.1) is 47.3 Å². The molecular formula is C46H58O2Si2. The fourth-order valence-corrected chi connectivity index (χ4v) is 19.6. The van der Waals surface area contributed by atoms with Gasteiger partial charge in [0.1, 0.15) is 0 Å². The smallest absolute Gasteiger partial charge is 0.261 e. The van der Waals surface area contributed by atoms with Gasteiger partial charge in [-0.1, -0.05) is 163 Å². The van der Waals surface area contributed by atoms with Crippen LogP contribution in [0.2, 0.25) is 10.1 Å². The molecule has 4 aliphatic rings. The van der Waals surface area contributed by atoms with Gasteiger partial charge in [-0.05, 0) is 104 Å². The van der Waals surface area contributed by atoms with Crippen LogP contribution in [0.1, 0.15) is 67.2 Å². The predicted molar refractivity (Wildman–Crippen MR) is 214 cm³/mol. The van der Waals surface area contributed by atoms with E-state index in [1.807, 2.05) is 0 Å². The van der Waals surface area contributed by atoms with Crippen LogP contribution in [0.25, 0.3) is 0 Å². The molecule has 4 aromatic carbocycles. The Kier molecular flexibility index (Phi) is 8.94. The van der Waals surface area contributed by atoms with E-state index in [2.05, 4.69) is 163 Å². The van der Waals surface area contributed by atoms with Crippen molar-refractivity contribution in [2.45, 2.75) is 77.3 Å². The van der Waals surface area contributed by atoms with Gasteiger partial charge in [-0.3, -0.25) is 0 Å². The SMILES string of the molecule is CC(C)(C)[Si](OC[C@@H]1C[C@H]1[C@@H]1C[C@H]1[C@@H]1C[C@H]1[C@@H]1C[C@H]1CO[Si](c1ccccc1)(c1ccccc1)C(C)(C)C)(c1ccccc1)c1ccccc1. The Hall–Kier alpha value is -2.77. The number of hydrogen-bond donors (Lipinski definition) is 0. The second kappa shape index (κ2) is 13.0. The van der Waals surface area contributed by atoms with E-state index < -0.39 is 16.6 Å². The fourth-order valence-electron chi connectivity index (χ4n) is 10.4. The van der Waals surface area contributed by atoms with Crippen LogP contribution in [0.3, 0.4) is 0 Å². The minimum Gasteiger partial charge on any atom is -0.407 e. The third-order valence-corrected chi connectivity index (χ3v) is 23.3. The summed E-state index contributed by atoms with van der Waals surface area (Å²) < 4.78 is 14.7. The molecule has 4 saturated carbocycles. The molecule has 0 radical (unpaired) electrons. The molecule has 2 nitrogen and oxygen atoms in total. The summed E-state index contributed by atoms with van der Waals surface area (Å²) in [5.74, 6) is 7.07. The van der Waals surface area contributed by atoms with Crippen molar-refractivity contribution in [3.8, 4) is 0 Å². The first-order valence-corrected chi connectivity index (χ1v) is 23.4. The molecule has 0 unspecified atom stereocenters. The first kappa shape index (κ1) is 34.3. The van der Waals surface area contributed by atoms with E-state index in [4.69, 9.17) is 8.85 Å². The van der Waals surface area contributed by atoms with E-state index in [1.54, 1.807) is 0 Å². The van der Waals surface area contributed by atoms with Crippen LogP contribution in [-0.2, 0) is 8.85 Å². The molecule has 50 heavy (non-hydrogen) atoms. The van der Waals surface area contributed by atoms with Crippen molar-refractivity contribution in [3.05, 3.63) is 121 Å². The second-order valence-electron chi connectivity index (χ2n) is 18.4. The third kappa shape index (κ3) is 6.23. The lowest BCUT2D eigenvalue weighted by Gasteiger charge is -2.43. The highest BCUT2D eigenvalue weighted by molar-refractivity contribution is 7.00. The molecule has 8 atom stereocenters. The Balaban J connectivity index is 0.882. The van der Waals surface area contributed by atoms with Crippen molar-refractivity contribution in [1.29, 1.82) is 0 Å². The van der Waals surface area contributed by atoms with Crippen LogP contribution in [0.5, 0.6) is 0 Å². The molecule has 4 aliphatic carbocycles. The second-order valence-corrected chi connectivity index (χ2v) is 27.0. The van der Waals surface area contributed by atoms with Gasteiger partial charge < -0.3 is 8.85 Å². The summed E-state index contributed by atoms with van der Waals surface area (Å²) in [5.41, 5.74) is 0. The summed E-state index contributed by atoms with van der Waals surface area (Å²) in [7, 11) is -4.91. The van der Waals surface area contributed by atoms with Gasteiger partial charge in [0.15, 0.2) is 0 Å². The highest BCUT2D eigenvalue weighted by atomic mass is 28.4. The van der Waals surface area contributed by atoms with Crippen molar-refractivity contribution in [3.63, 3.8) is 0 Å². The Labute approximate surface area is 304 Å². The summed E-state index contributed by atoms with van der Waals surface area (Å²) in [5, 5.41) is 5.70. The van der Waals surface area contributed by atoms with E-state index in [0.29, 0.717) is 0 Å². The standard InChI is InChI=1S/C46H58O2Si2/c1-45(2,3)49(35-19-11-7-12-20-35,36-21-13-8-14-22-36)47-31-33-27-39(33)41-29-43(41)44-30-42(44)40-28-34(40)32-48-50(46(4,5)6,37-23-15-9-16-24-37)38-25-17-10-18-26-38/h7-26,33-34,39-44H,27-32H2,1-6H3/t33-,34-,39+,40+,41-,42-,43+,44+/m0/s1. The van der Waals surface area contributed by atoms with Crippen LogP contribution in [-0.4, -0.2) is 29.8 Å². The normalized spacial score (nSPS) is 29.0. The Bertz CT molecular complexity index is 1520. The van der Waals surface area contributed by atoms with Crippen LogP contribution < -0.4 is 20.7 Å². The molecule has 0 saturated heterocycles. The van der Waals surface area contributed by atoms with Gasteiger partial charge >= 0.3 is 0 Å². The molecular weight excluding hydrogens is 641 g/mol.